The summed E-state index contributed by atoms with van der Waals surface area (Å²) in [7, 11) is 0. The molecule has 1 saturated carbocycles. The van der Waals surface area contributed by atoms with Crippen LogP contribution in [-0.2, 0) is 10.5 Å². The summed E-state index contributed by atoms with van der Waals surface area (Å²) in [5.41, 5.74) is 1.75. The summed E-state index contributed by atoms with van der Waals surface area (Å²) in [5.74, 6) is 0.251. The molecule has 4 heterocycles. The fraction of sp³-hybridized carbons (Fsp3) is 0.333. The largest absolute Gasteiger partial charge is 0.425 e. The summed E-state index contributed by atoms with van der Waals surface area (Å²) < 4.78 is 3.31. The highest BCUT2D eigenvalue weighted by Crippen LogP contribution is 2.27. The summed E-state index contributed by atoms with van der Waals surface area (Å²) in [6.07, 6.45) is 13.9. The second kappa shape index (κ2) is 9.81. The molecule has 1 fully saturated rings. The van der Waals surface area contributed by atoms with E-state index in [2.05, 4.69) is 32.3 Å². The first-order valence-electron chi connectivity index (χ1n) is 12.5. The zero-order chi connectivity index (χ0) is 24.5. The van der Waals surface area contributed by atoms with Crippen LogP contribution < -0.4 is 16.1 Å². The normalized spacial score (nSPS) is 19.8. The second-order valence-corrected chi connectivity index (χ2v) is 10.3. The van der Waals surface area contributed by atoms with Crippen molar-refractivity contribution in [3.63, 3.8) is 0 Å². The summed E-state index contributed by atoms with van der Waals surface area (Å²) in [4.78, 5) is 36.1. The maximum absolute atomic E-state index is 13.5. The number of hydrogen-bond donors (Lipinski definition) is 1. The highest BCUT2D eigenvalue weighted by molar-refractivity contribution is 7.98. The molecule has 2 aromatic heterocycles. The number of hydrogen-bond acceptors (Lipinski definition) is 6. The molecule has 1 N–H and O–H groups in total. The highest BCUT2D eigenvalue weighted by Gasteiger charge is 2.34. The molecule has 0 saturated heterocycles. The molecule has 1 aromatic carbocycles. The lowest BCUT2D eigenvalue weighted by atomic mass is 9.98. The second-order valence-electron chi connectivity index (χ2n) is 9.39. The fourth-order valence-corrected chi connectivity index (χ4v) is 5.87. The number of nitrogens with one attached hydrogen (secondary N) is 1. The van der Waals surface area contributed by atoms with Crippen molar-refractivity contribution in [2.24, 2.45) is 10.9 Å². The van der Waals surface area contributed by atoms with Crippen molar-refractivity contribution in [1.82, 2.24) is 19.7 Å². The van der Waals surface area contributed by atoms with Gasteiger partial charge in [-0.1, -0.05) is 72.9 Å². The number of rotatable bonds is 5. The Morgan fingerprint density at radius 2 is 1.86 bits per heavy atom. The Bertz CT molecular complexity index is 1540. The molecular weight excluding hydrogens is 472 g/mol. The maximum Gasteiger partial charge on any atom is 0.425 e. The number of fused-ring (bicyclic) bond motifs is 2. The van der Waals surface area contributed by atoms with Crippen LogP contribution in [0.5, 0.6) is 0 Å². The van der Waals surface area contributed by atoms with Gasteiger partial charge < -0.3 is 4.57 Å². The summed E-state index contributed by atoms with van der Waals surface area (Å²) in [6, 6.07) is 12.2. The molecule has 0 bridgehead atoms. The molecule has 0 radical (unpaired) electrons. The van der Waals surface area contributed by atoms with Crippen molar-refractivity contribution >= 4 is 35.9 Å². The van der Waals surface area contributed by atoms with E-state index >= 15 is 0 Å². The van der Waals surface area contributed by atoms with Crippen LogP contribution in [0.3, 0.4) is 0 Å². The molecule has 1 aliphatic carbocycles. The lowest BCUT2D eigenvalue weighted by molar-refractivity contribution is -0.373. The minimum atomic E-state index is -0.634. The number of carbonyl (C=O) groups is 1. The first kappa shape index (κ1) is 22.8. The topological polar surface area (TPSA) is 96.0 Å². The van der Waals surface area contributed by atoms with Gasteiger partial charge in [0.25, 0.3) is 10.7 Å². The van der Waals surface area contributed by atoms with Crippen LogP contribution in [0.2, 0.25) is 0 Å². The number of allylic oxidation sites excluding steroid dienone is 1. The van der Waals surface area contributed by atoms with Gasteiger partial charge in [0.2, 0.25) is 0 Å². The molecule has 1 unspecified atom stereocenters. The first-order chi connectivity index (χ1) is 17.7. The van der Waals surface area contributed by atoms with Crippen molar-refractivity contribution in [1.29, 1.82) is 0 Å². The highest BCUT2D eigenvalue weighted by atomic mass is 32.2. The van der Waals surface area contributed by atoms with E-state index in [1.807, 2.05) is 41.1 Å². The Hall–Kier alpha value is -3.59. The quantitative estimate of drug-likeness (QED) is 0.331. The van der Waals surface area contributed by atoms with Crippen molar-refractivity contribution in [3.8, 4) is 0 Å². The Morgan fingerprint density at radius 3 is 2.67 bits per heavy atom. The van der Waals surface area contributed by atoms with E-state index in [0.717, 1.165) is 31.4 Å². The van der Waals surface area contributed by atoms with E-state index in [4.69, 9.17) is 0 Å². The van der Waals surface area contributed by atoms with E-state index in [1.54, 1.807) is 12.3 Å². The standard InChI is InChI=1S/C27H27N6O2S/c34-24-20-16-21-23(28-22(20)12-14-32(24)19-10-6-1-2-7-11-19)13-15-33(25(21)35)26-29-27(31-30-26)36-17-18-8-4-3-5-9-18/h3-5,8-9,12-16,19,21H,1-2,6-7,10-11,17H2,(H,29,30,31)/q+1. The molecule has 6 rings (SSSR count). The van der Waals surface area contributed by atoms with Crippen molar-refractivity contribution in [2.75, 3.05) is 0 Å². The first-order valence-corrected chi connectivity index (χ1v) is 13.4. The van der Waals surface area contributed by atoms with Gasteiger partial charge in [-0.15, -0.1) is 5.10 Å². The van der Waals surface area contributed by atoms with E-state index in [0.29, 0.717) is 27.4 Å². The predicted octanol–water partition coefficient (Wildman–Crippen LogP) is 3.02. The lowest BCUT2D eigenvalue weighted by Gasteiger charge is -2.20. The van der Waals surface area contributed by atoms with E-state index < -0.39 is 5.92 Å². The molecule has 3 aromatic rings. The third kappa shape index (κ3) is 4.39. The summed E-state index contributed by atoms with van der Waals surface area (Å²) >= 11 is 1.50. The Labute approximate surface area is 212 Å². The van der Waals surface area contributed by atoms with E-state index in [-0.39, 0.29) is 17.5 Å². The van der Waals surface area contributed by atoms with Crippen LogP contribution in [0.1, 0.15) is 50.1 Å². The van der Waals surface area contributed by atoms with Crippen molar-refractivity contribution < 1.29 is 9.37 Å². The molecular formula is C27H27N6O2S+. The minimum Gasteiger partial charge on any atom is -0.312 e. The van der Waals surface area contributed by atoms with E-state index in [9.17, 15) is 9.59 Å². The number of pyridine rings is 1. The minimum absolute atomic E-state index is 0.0598. The molecule has 9 heteroatoms. The van der Waals surface area contributed by atoms with Crippen LogP contribution >= 0.6 is 11.8 Å². The Balaban J connectivity index is 1.27. The van der Waals surface area contributed by atoms with Crippen LogP contribution in [0.15, 0.2) is 69.3 Å². The zero-order valence-corrected chi connectivity index (χ0v) is 20.7. The van der Waals surface area contributed by atoms with Gasteiger partial charge in [-0.25, -0.2) is 0 Å². The van der Waals surface area contributed by atoms with Crippen LogP contribution in [0.25, 0.3) is 6.08 Å². The Kier molecular flexibility index (Phi) is 6.23. The van der Waals surface area contributed by atoms with Gasteiger partial charge in [0.1, 0.15) is 5.92 Å². The average Bonchev–Trinajstić information content (AvgIpc) is 3.21. The molecule has 36 heavy (non-hydrogen) atoms. The van der Waals surface area contributed by atoms with Gasteiger partial charge in [0.15, 0.2) is 0 Å². The summed E-state index contributed by atoms with van der Waals surface area (Å²) in [6.45, 7) is 0. The lowest BCUT2D eigenvalue weighted by Crippen LogP contribution is -2.49. The molecule has 182 valence electrons. The number of amides is 1. The number of aromatic amines is 1. The van der Waals surface area contributed by atoms with E-state index in [1.165, 1.54) is 34.7 Å². The third-order valence-corrected chi connectivity index (χ3v) is 7.96. The predicted molar refractivity (Wildman–Crippen MR) is 138 cm³/mol. The van der Waals surface area contributed by atoms with Crippen molar-refractivity contribution in [3.05, 3.63) is 80.9 Å². The molecule has 2 aliphatic heterocycles. The SMILES string of the molecule is O=C1C2C=c3c(ccn(C4CCCCCC4)c3=O)=NC2=CC=[N+]1c1nc(SCc2ccccc2)n[nH]1. The number of aromatic nitrogens is 4. The van der Waals surface area contributed by atoms with Gasteiger partial charge in [-0.05, 0) is 41.6 Å². The monoisotopic (exact) mass is 499 g/mol. The number of nitrogens with zero attached hydrogens (tertiary/aromatic N) is 5. The zero-order valence-electron chi connectivity index (χ0n) is 19.8. The number of thioether (sulfide) groups is 1. The van der Waals surface area contributed by atoms with Gasteiger partial charge in [0, 0.05) is 18.0 Å². The average molecular weight is 500 g/mol. The van der Waals surface area contributed by atoms with Crippen LogP contribution in [0.4, 0.5) is 5.95 Å². The maximum atomic E-state index is 13.5. The van der Waals surface area contributed by atoms with Gasteiger partial charge >= 0.3 is 11.9 Å². The van der Waals surface area contributed by atoms with Gasteiger partial charge in [-0.3, -0.25) is 14.6 Å². The fourth-order valence-electron chi connectivity index (χ4n) is 5.12. The Morgan fingerprint density at radius 1 is 1.06 bits per heavy atom. The van der Waals surface area contributed by atoms with Crippen LogP contribution in [-0.4, -0.2) is 36.4 Å². The number of H-pyrrole nitrogens is 1. The smallest absolute Gasteiger partial charge is 0.312 e. The van der Waals surface area contributed by atoms with Gasteiger partial charge in [-0.2, -0.15) is 4.58 Å². The molecule has 1 atom stereocenters. The molecule has 8 nitrogen and oxygen atoms in total. The molecule has 0 spiro atoms. The third-order valence-electron chi connectivity index (χ3n) is 7.04. The summed E-state index contributed by atoms with van der Waals surface area (Å²) in [5, 5.41) is 8.85. The number of benzene rings is 1. The number of carbonyl (C=O) groups excluding carboxylic acids is 1. The van der Waals surface area contributed by atoms with Gasteiger partial charge in [0.05, 0.1) is 22.5 Å². The molecule has 3 aliphatic rings. The van der Waals surface area contributed by atoms with Crippen molar-refractivity contribution in [2.45, 2.75) is 55.5 Å². The van der Waals surface area contributed by atoms with Crippen LogP contribution in [0, 0.1) is 5.92 Å². The molecule has 1 amide bonds.